The molecule has 0 aromatic carbocycles. The second-order valence-corrected chi connectivity index (χ2v) is 9.34. The molecule has 0 aromatic heterocycles. The van der Waals surface area contributed by atoms with Crippen LogP contribution >= 0.6 is 0 Å². The van der Waals surface area contributed by atoms with Gasteiger partial charge in [-0.25, -0.2) is 0 Å². The van der Waals surface area contributed by atoms with E-state index in [1.54, 1.807) is 69.2 Å². The molecule has 0 radical (unpaired) electrons. The molecule has 0 spiro atoms. The van der Waals surface area contributed by atoms with Crippen LogP contribution in [0.4, 0.5) is 0 Å². The van der Waals surface area contributed by atoms with Crippen LogP contribution in [-0.2, 0) is 19.2 Å². The third kappa shape index (κ3) is 11.6. The van der Waals surface area contributed by atoms with E-state index in [9.17, 15) is 19.2 Å². The number of hydrogen-bond donors (Lipinski definition) is 4. The highest BCUT2D eigenvalue weighted by Gasteiger charge is 2.46. The fraction of sp³-hybridized carbons (Fsp3) is 0.800. The van der Waals surface area contributed by atoms with E-state index in [2.05, 4.69) is 0 Å². The smallest absolute Gasteiger partial charge is 0.310 e. The fourth-order valence-electron chi connectivity index (χ4n) is 1.89. The zero-order valence-electron chi connectivity index (χ0n) is 18.8. The minimum Gasteiger partial charge on any atom is -0.481 e. The predicted octanol–water partition coefficient (Wildman–Crippen LogP) is 4.08. The van der Waals surface area contributed by atoms with E-state index in [0.29, 0.717) is 0 Å². The van der Waals surface area contributed by atoms with Crippen molar-refractivity contribution in [2.24, 2.45) is 28.1 Å². The highest BCUT2D eigenvalue weighted by atomic mass is 16.4. The Kier molecular flexibility index (Phi) is 12.7. The molecule has 28 heavy (non-hydrogen) atoms. The van der Waals surface area contributed by atoms with Gasteiger partial charge in [-0.05, 0) is 53.4 Å². The van der Waals surface area contributed by atoms with Gasteiger partial charge in [0.25, 0.3) is 0 Å². The van der Waals surface area contributed by atoms with Crippen LogP contribution in [0, 0.1) is 28.1 Å². The molecule has 166 valence electrons. The van der Waals surface area contributed by atoms with Crippen LogP contribution in [0.15, 0.2) is 0 Å². The Balaban J connectivity index is -0.000000375. The molecular formula is C20H38O8. The van der Waals surface area contributed by atoms with Gasteiger partial charge in [-0.3, -0.25) is 19.2 Å². The average Bonchev–Trinajstić information content (AvgIpc) is 2.42. The van der Waals surface area contributed by atoms with Crippen LogP contribution in [0.5, 0.6) is 0 Å². The van der Waals surface area contributed by atoms with Crippen molar-refractivity contribution in [1.82, 2.24) is 0 Å². The lowest BCUT2D eigenvalue weighted by Gasteiger charge is -2.35. The van der Waals surface area contributed by atoms with Gasteiger partial charge in [0.1, 0.15) is 0 Å². The van der Waals surface area contributed by atoms with E-state index >= 15 is 0 Å². The summed E-state index contributed by atoms with van der Waals surface area (Å²) in [6.07, 6.45) is -0.322. The van der Waals surface area contributed by atoms with Crippen molar-refractivity contribution in [2.45, 2.75) is 75.7 Å². The maximum Gasteiger partial charge on any atom is 0.310 e. The molecule has 0 heterocycles. The van der Waals surface area contributed by atoms with Crippen molar-refractivity contribution in [3.8, 4) is 0 Å². The third-order valence-corrected chi connectivity index (χ3v) is 4.19. The van der Waals surface area contributed by atoms with Crippen molar-refractivity contribution in [3.63, 3.8) is 0 Å². The topological polar surface area (TPSA) is 149 Å². The van der Waals surface area contributed by atoms with Gasteiger partial charge in [0, 0.05) is 0 Å². The van der Waals surface area contributed by atoms with Gasteiger partial charge in [0.2, 0.25) is 0 Å². The zero-order chi connectivity index (χ0) is 23.7. The van der Waals surface area contributed by atoms with Crippen molar-refractivity contribution in [2.75, 3.05) is 0 Å². The number of carboxylic acids is 4. The molecule has 0 aliphatic carbocycles. The van der Waals surface area contributed by atoms with Crippen LogP contribution in [-0.4, -0.2) is 44.3 Å². The molecule has 8 heteroatoms. The molecule has 0 aliphatic rings. The lowest BCUT2D eigenvalue weighted by molar-refractivity contribution is -0.162. The van der Waals surface area contributed by atoms with Crippen molar-refractivity contribution in [1.29, 1.82) is 0 Å². The molecule has 0 aromatic rings. The molecule has 0 saturated carbocycles. The van der Waals surface area contributed by atoms with Gasteiger partial charge in [-0.2, -0.15) is 0 Å². The summed E-state index contributed by atoms with van der Waals surface area (Å²) in [7, 11) is 0. The number of hydrogen-bond acceptors (Lipinski definition) is 4. The molecule has 4 N–H and O–H groups in total. The first-order valence-electron chi connectivity index (χ1n) is 9.05. The monoisotopic (exact) mass is 406 g/mol. The normalized spacial score (nSPS) is 11.7. The molecule has 0 saturated heterocycles. The Morgan fingerprint density at radius 1 is 0.607 bits per heavy atom. The van der Waals surface area contributed by atoms with Gasteiger partial charge in [-0.1, -0.05) is 27.7 Å². The van der Waals surface area contributed by atoms with Gasteiger partial charge in [0.05, 0.1) is 22.7 Å². The van der Waals surface area contributed by atoms with E-state index in [0.717, 1.165) is 0 Å². The second kappa shape index (κ2) is 11.7. The second-order valence-electron chi connectivity index (χ2n) is 9.34. The van der Waals surface area contributed by atoms with Gasteiger partial charge in [0.15, 0.2) is 0 Å². The Morgan fingerprint density at radius 3 is 0.857 bits per heavy atom. The van der Waals surface area contributed by atoms with E-state index in [4.69, 9.17) is 20.4 Å². The number of rotatable bonds is 5. The summed E-state index contributed by atoms with van der Waals surface area (Å²) < 4.78 is 0. The van der Waals surface area contributed by atoms with Gasteiger partial charge < -0.3 is 20.4 Å². The summed E-state index contributed by atoms with van der Waals surface area (Å²) in [4.78, 5) is 41.9. The summed E-state index contributed by atoms with van der Waals surface area (Å²) in [5.41, 5.74) is -2.33. The molecule has 0 atom stereocenters. The number of aliphatic carboxylic acids is 4. The maximum absolute atomic E-state index is 11.2. The molecule has 0 amide bonds. The molecular weight excluding hydrogens is 368 g/mol. The highest BCUT2D eigenvalue weighted by Crippen LogP contribution is 2.39. The van der Waals surface area contributed by atoms with E-state index in [1.165, 1.54) is 0 Å². The lowest BCUT2D eigenvalue weighted by atomic mass is 9.67. The van der Waals surface area contributed by atoms with Gasteiger partial charge >= 0.3 is 23.9 Å². The molecule has 0 aliphatic heterocycles. The summed E-state index contributed by atoms with van der Waals surface area (Å²) >= 11 is 0. The largest absolute Gasteiger partial charge is 0.481 e. The summed E-state index contributed by atoms with van der Waals surface area (Å²) in [5, 5.41) is 34.4. The van der Waals surface area contributed by atoms with Crippen molar-refractivity contribution < 1.29 is 39.6 Å². The first-order chi connectivity index (χ1) is 12.1. The Labute approximate surface area is 168 Å². The van der Waals surface area contributed by atoms with E-state index in [1.807, 2.05) is 0 Å². The van der Waals surface area contributed by atoms with Crippen LogP contribution in [0.3, 0.4) is 0 Å². The van der Waals surface area contributed by atoms with Crippen molar-refractivity contribution >= 4 is 23.9 Å². The van der Waals surface area contributed by atoms with E-state index in [-0.39, 0.29) is 18.3 Å². The van der Waals surface area contributed by atoms with Gasteiger partial charge in [-0.15, -0.1) is 0 Å². The third-order valence-electron chi connectivity index (χ3n) is 4.19. The average molecular weight is 407 g/mol. The standard InChI is InChI=1S/C10H18O4.2C5H10O2/c1-6(2)10(7(3)4,9(13)14)5-8(11)12;2*1-5(2,3)4(6)7/h6-7H,5H2,1-4H3,(H,11,12)(H,13,14);2*1-3H3,(H,6,7). The quantitative estimate of drug-likeness (QED) is 0.533. The Morgan fingerprint density at radius 2 is 0.821 bits per heavy atom. The summed E-state index contributed by atoms with van der Waals surface area (Å²) in [5.74, 6) is -3.99. The minimum absolute atomic E-state index is 0.198. The fourth-order valence-corrected chi connectivity index (χ4v) is 1.89. The van der Waals surface area contributed by atoms with Crippen LogP contribution in [0.25, 0.3) is 0 Å². The molecule has 0 rings (SSSR count). The minimum atomic E-state index is -1.16. The number of carboxylic acid groups (broad SMARTS) is 4. The molecule has 8 nitrogen and oxygen atoms in total. The molecule has 0 bridgehead atoms. The maximum atomic E-state index is 11.2. The summed E-state index contributed by atoms with van der Waals surface area (Å²) in [6, 6.07) is 0. The lowest BCUT2D eigenvalue weighted by Crippen LogP contribution is -2.43. The first kappa shape index (κ1) is 30.6. The first-order valence-corrected chi connectivity index (χ1v) is 9.05. The Hall–Kier alpha value is -2.12. The predicted molar refractivity (Wildman–Crippen MR) is 106 cm³/mol. The van der Waals surface area contributed by atoms with E-state index < -0.39 is 40.1 Å². The van der Waals surface area contributed by atoms with Crippen LogP contribution < -0.4 is 0 Å². The highest BCUT2D eigenvalue weighted by molar-refractivity contribution is 5.82. The van der Waals surface area contributed by atoms with Crippen molar-refractivity contribution in [3.05, 3.63) is 0 Å². The van der Waals surface area contributed by atoms with Crippen LogP contribution in [0.1, 0.15) is 75.7 Å². The zero-order valence-corrected chi connectivity index (χ0v) is 18.8. The molecule has 0 fully saturated rings. The summed E-state index contributed by atoms with van der Waals surface area (Å²) in [6.45, 7) is 17.0. The number of carbonyl (C=O) groups is 4. The van der Waals surface area contributed by atoms with Crippen LogP contribution in [0.2, 0.25) is 0 Å². The molecule has 0 unspecified atom stereocenters. The SMILES string of the molecule is CC(C)(C)C(=O)O.CC(C)(C)C(=O)O.CC(C)C(CC(=O)O)(C(=O)O)C(C)C. The Bertz CT molecular complexity index is 501.